The van der Waals surface area contributed by atoms with Crippen molar-refractivity contribution in [3.05, 3.63) is 35.4 Å². The van der Waals surface area contributed by atoms with Gasteiger partial charge in [-0.1, -0.05) is 24.3 Å². The molecule has 3 rings (SSSR count). The van der Waals surface area contributed by atoms with E-state index in [1.807, 2.05) is 0 Å². The maximum absolute atomic E-state index is 12.8. The van der Waals surface area contributed by atoms with Gasteiger partial charge in [0.05, 0.1) is 6.61 Å². The smallest absolute Gasteiger partial charge is 0.325 e. The van der Waals surface area contributed by atoms with Crippen molar-refractivity contribution >= 4 is 29.2 Å². The van der Waals surface area contributed by atoms with Gasteiger partial charge in [-0.15, -0.1) is 0 Å². The molecule has 1 amide bonds. The van der Waals surface area contributed by atoms with Gasteiger partial charge in [0.15, 0.2) is 5.11 Å². The van der Waals surface area contributed by atoms with E-state index in [9.17, 15) is 9.59 Å². The van der Waals surface area contributed by atoms with Crippen molar-refractivity contribution in [1.29, 1.82) is 0 Å². The van der Waals surface area contributed by atoms with Crippen molar-refractivity contribution in [3.63, 3.8) is 0 Å². The van der Waals surface area contributed by atoms with Crippen LogP contribution in [0.3, 0.4) is 0 Å². The zero-order valence-electron chi connectivity index (χ0n) is 15.1. The third kappa shape index (κ3) is 4.33. The van der Waals surface area contributed by atoms with Crippen molar-refractivity contribution < 1.29 is 14.3 Å². The van der Waals surface area contributed by atoms with Gasteiger partial charge in [0.1, 0.15) is 6.54 Å². The number of nitrogens with zero attached hydrogens (tertiary/aromatic N) is 2. The van der Waals surface area contributed by atoms with E-state index >= 15 is 0 Å². The van der Waals surface area contributed by atoms with E-state index in [2.05, 4.69) is 29.6 Å². The van der Waals surface area contributed by atoms with E-state index in [4.69, 9.17) is 17.0 Å². The monoisotopic (exact) mass is 375 g/mol. The Hall–Kier alpha value is -2.15. The highest BCUT2D eigenvalue weighted by molar-refractivity contribution is 7.80. The summed E-state index contributed by atoms with van der Waals surface area (Å²) in [6.45, 7) is 3.47. The Kier molecular flexibility index (Phi) is 6.08. The van der Waals surface area contributed by atoms with E-state index in [0.29, 0.717) is 37.1 Å². The molecule has 1 aliphatic heterocycles. The van der Waals surface area contributed by atoms with Gasteiger partial charge in [0, 0.05) is 19.5 Å². The molecule has 0 radical (unpaired) electrons. The van der Waals surface area contributed by atoms with Crippen LogP contribution >= 0.6 is 12.2 Å². The largest absolute Gasteiger partial charge is 0.465 e. The Morgan fingerprint density at radius 3 is 2.50 bits per heavy atom. The van der Waals surface area contributed by atoms with E-state index in [0.717, 1.165) is 19.3 Å². The standard InChI is InChI=1S/C19H25N3O3S/c1-2-25-18(24)13-20-19(26)22-9-5-8-21(22)17(23)12-14-10-15-6-3-4-7-16(15)11-14/h3-4,6-7,14H,2,5,8-13H2,1H3,(H,20,26). The normalized spacial score (nSPS) is 16.5. The molecule has 140 valence electrons. The molecule has 1 N–H and O–H groups in total. The highest BCUT2D eigenvalue weighted by atomic mass is 32.1. The number of benzene rings is 1. The number of carbonyl (C=O) groups is 2. The zero-order chi connectivity index (χ0) is 18.5. The Morgan fingerprint density at radius 2 is 1.85 bits per heavy atom. The lowest BCUT2D eigenvalue weighted by Crippen LogP contribution is -2.50. The SMILES string of the molecule is CCOC(=O)CNC(=S)N1CCCN1C(=O)CC1Cc2ccccc2C1. The molecule has 6 nitrogen and oxygen atoms in total. The predicted molar refractivity (Wildman–Crippen MR) is 102 cm³/mol. The number of ether oxygens (including phenoxy) is 1. The minimum atomic E-state index is -0.351. The van der Waals surface area contributed by atoms with Gasteiger partial charge in [-0.2, -0.15) is 0 Å². The van der Waals surface area contributed by atoms with Crippen LogP contribution in [0.15, 0.2) is 24.3 Å². The molecule has 0 bridgehead atoms. The van der Waals surface area contributed by atoms with Crippen LogP contribution in [0.4, 0.5) is 0 Å². The van der Waals surface area contributed by atoms with Crippen LogP contribution in [-0.2, 0) is 27.2 Å². The number of carbonyl (C=O) groups excluding carboxylic acids is 2. The molecule has 0 unspecified atom stereocenters. The first-order valence-corrected chi connectivity index (χ1v) is 9.57. The molecule has 0 saturated carbocycles. The number of nitrogens with one attached hydrogen (secondary N) is 1. The lowest BCUT2D eigenvalue weighted by Gasteiger charge is -2.30. The summed E-state index contributed by atoms with van der Waals surface area (Å²) in [4.78, 5) is 24.3. The quantitative estimate of drug-likeness (QED) is 0.624. The van der Waals surface area contributed by atoms with E-state index in [1.54, 1.807) is 16.9 Å². The van der Waals surface area contributed by atoms with E-state index < -0.39 is 0 Å². The van der Waals surface area contributed by atoms with Crippen molar-refractivity contribution in [3.8, 4) is 0 Å². The number of amides is 1. The Balaban J connectivity index is 1.52. The summed E-state index contributed by atoms with van der Waals surface area (Å²) in [5.41, 5.74) is 2.71. The lowest BCUT2D eigenvalue weighted by atomic mass is 10.0. The maximum Gasteiger partial charge on any atom is 0.325 e. The van der Waals surface area contributed by atoms with Crippen LogP contribution in [0.5, 0.6) is 0 Å². The second kappa shape index (κ2) is 8.49. The average Bonchev–Trinajstić information content (AvgIpc) is 3.26. The summed E-state index contributed by atoms with van der Waals surface area (Å²) in [5.74, 6) is 0.0969. The second-order valence-electron chi connectivity index (χ2n) is 6.70. The number of esters is 1. The minimum Gasteiger partial charge on any atom is -0.465 e. The summed E-state index contributed by atoms with van der Waals surface area (Å²) in [6, 6.07) is 8.41. The van der Waals surface area contributed by atoms with Crippen molar-refractivity contribution in [1.82, 2.24) is 15.3 Å². The summed E-state index contributed by atoms with van der Waals surface area (Å²) >= 11 is 5.37. The second-order valence-corrected chi connectivity index (χ2v) is 7.09. The number of fused-ring (bicyclic) bond motifs is 1. The van der Waals surface area contributed by atoms with Gasteiger partial charge in [-0.25, -0.2) is 0 Å². The van der Waals surface area contributed by atoms with Gasteiger partial charge < -0.3 is 10.1 Å². The number of thiocarbonyl (C=S) groups is 1. The predicted octanol–water partition coefficient (Wildman–Crippen LogP) is 1.68. The van der Waals surface area contributed by atoms with E-state index in [-0.39, 0.29) is 18.4 Å². The fourth-order valence-electron chi connectivity index (χ4n) is 3.68. The first-order chi connectivity index (χ1) is 12.6. The molecule has 0 spiro atoms. The third-order valence-electron chi connectivity index (χ3n) is 4.84. The first-order valence-electron chi connectivity index (χ1n) is 9.16. The molecule has 1 aromatic carbocycles. The number of hydrazine groups is 1. The molecular formula is C19H25N3O3S. The van der Waals surface area contributed by atoms with Crippen LogP contribution in [0, 0.1) is 5.92 Å². The van der Waals surface area contributed by atoms with Gasteiger partial charge in [-0.05, 0) is 55.4 Å². The number of rotatable bonds is 5. The number of hydrogen-bond donors (Lipinski definition) is 1. The van der Waals surface area contributed by atoms with Crippen LogP contribution in [0.2, 0.25) is 0 Å². The minimum absolute atomic E-state index is 0.0170. The molecule has 26 heavy (non-hydrogen) atoms. The molecule has 0 aromatic heterocycles. The summed E-state index contributed by atoms with van der Waals surface area (Å²) in [7, 11) is 0. The van der Waals surface area contributed by atoms with Crippen LogP contribution in [0.25, 0.3) is 0 Å². The number of hydrogen-bond acceptors (Lipinski definition) is 4. The summed E-state index contributed by atoms with van der Waals surface area (Å²) < 4.78 is 4.89. The Morgan fingerprint density at radius 1 is 1.19 bits per heavy atom. The molecule has 7 heteroatoms. The van der Waals surface area contributed by atoms with Crippen LogP contribution < -0.4 is 5.32 Å². The highest BCUT2D eigenvalue weighted by Crippen LogP contribution is 2.29. The molecule has 1 fully saturated rings. The zero-order valence-corrected chi connectivity index (χ0v) is 15.9. The van der Waals surface area contributed by atoms with Gasteiger partial charge >= 0.3 is 5.97 Å². The van der Waals surface area contributed by atoms with Crippen LogP contribution in [0.1, 0.15) is 30.9 Å². The molecule has 1 heterocycles. The molecular weight excluding hydrogens is 350 g/mol. The fraction of sp³-hybridized carbons (Fsp3) is 0.526. The lowest BCUT2D eigenvalue weighted by molar-refractivity contribution is -0.141. The molecule has 1 aromatic rings. The summed E-state index contributed by atoms with van der Waals surface area (Å²) in [5, 5.41) is 6.79. The van der Waals surface area contributed by atoms with Crippen molar-refractivity contribution in [2.75, 3.05) is 26.2 Å². The topological polar surface area (TPSA) is 61.9 Å². The average molecular weight is 375 g/mol. The Labute approximate surface area is 159 Å². The molecule has 2 aliphatic rings. The molecule has 1 saturated heterocycles. The van der Waals surface area contributed by atoms with Crippen molar-refractivity contribution in [2.45, 2.75) is 32.6 Å². The first kappa shape index (κ1) is 18.6. The fourth-order valence-corrected chi connectivity index (χ4v) is 3.94. The third-order valence-corrected chi connectivity index (χ3v) is 5.20. The highest BCUT2D eigenvalue weighted by Gasteiger charge is 2.31. The summed E-state index contributed by atoms with van der Waals surface area (Å²) in [6.07, 6.45) is 3.31. The van der Waals surface area contributed by atoms with Crippen molar-refractivity contribution in [2.24, 2.45) is 5.92 Å². The molecule has 0 atom stereocenters. The Bertz CT molecular complexity index is 669. The van der Waals surface area contributed by atoms with Crippen LogP contribution in [-0.4, -0.2) is 53.2 Å². The molecule has 1 aliphatic carbocycles. The van der Waals surface area contributed by atoms with Gasteiger partial charge in [0.2, 0.25) is 5.91 Å². The van der Waals surface area contributed by atoms with Gasteiger partial charge in [-0.3, -0.25) is 19.6 Å². The maximum atomic E-state index is 12.8. The van der Waals surface area contributed by atoms with E-state index in [1.165, 1.54) is 11.1 Å². The van der Waals surface area contributed by atoms with Gasteiger partial charge in [0.25, 0.3) is 0 Å².